The van der Waals surface area contributed by atoms with E-state index < -0.39 is 11.6 Å². The smallest absolute Gasteiger partial charge is 0.293 e. The second-order valence-electron chi connectivity index (χ2n) is 5.33. The number of methoxy groups -OCH3 is 1. The first-order valence-electron chi connectivity index (χ1n) is 7.41. The van der Waals surface area contributed by atoms with E-state index in [1.165, 1.54) is 0 Å². The minimum atomic E-state index is -0.967. The van der Waals surface area contributed by atoms with Crippen LogP contribution in [0.25, 0.3) is 0 Å². The monoisotopic (exact) mass is 276 g/mol. The molecule has 110 valence electrons. The van der Waals surface area contributed by atoms with Crippen LogP contribution >= 0.6 is 0 Å². The molecule has 1 aromatic rings. The summed E-state index contributed by atoms with van der Waals surface area (Å²) in [6.07, 6.45) is 4.38. The van der Waals surface area contributed by atoms with Crippen molar-refractivity contribution in [2.24, 2.45) is 10.2 Å². The molecule has 0 aromatic heterocycles. The molecule has 0 aliphatic carbocycles. The van der Waals surface area contributed by atoms with E-state index in [9.17, 15) is 0 Å². The second-order valence-corrected chi connectivity index (χ2v) is 5.33. The van der Waals surface area contributed by atoms with Crippen LogP contribution in [0, 0.1) is 0 Å². The highest BCUT2D eigenvalue weighted by Crippen LogP contribution is 2.40. The Morgan fingerprint density at radius 2 is 1.70 bits per heavy atom. The summed E-state index contributed by atoms with van der Waals surface area (Å²) in [6, 6.07) is 10.1. The molecule has 20 heavy (non-hydrogen) atoms. The van der Waals surface area contributed by atoms with Crippen molar-refractivity contribution in [1.82, 2.24) is 0 Å². The lowest BCUT2D eigenvalue weighted by atomic mass is 10.0. The molecule has 1 aliphatic rings. The summed E-state index contributed by atoms with van der Waals surface area (Å²) in [5, 5.41) is 8.80. The molecular formula is C16H24N2O2. The van der Waals surface area contributed by atoms with Gasteiger partial charge in [0.15, 0.2) is 5.72 Å². The molecule has 0 amide bonds. The van der Waals surface area contributed by atoms with Crippen molar-refractivity contribution in [1.29, 1.82) is 0 Å². The van der Waals surface area contributed by atoms with Gasteiger partial charge >= 0.3 is 0 Å². The molecule has 0 spiro atoms. The van der Waals surface area contributed by atoms with Gasteiger partial charge in [-0.1, -0.05) is 57.0 Å². The molecule has 0 fully saturated rings. The summed E-state index contributed by atoms with van der Waals surface area (Å²) in [4.78, 5) is 0. The maximum Gasteiger partial charge on any atom is 0.293 e. The number of rotatable bonds is 7. The average molecular weight is 276 g/mol. The maximum atomic E-state index is 6.22. The zero-order valence-electron chi connectivity index (χ0n) is 12.6. The Labute approximate surface area is 121 Å². The molecule has 4 heteroatoms. The Kier molecular flexibility index (Phi) is 4.89. The first-order chi connectivity index (χ1) is 9.67. The third-order valence-corrected chi connectivity index (χ3v) is 3.60. The van der Waals surface area contributed by atoms with Gasteiger partial charge in [0.05, 0.1) is 6.42 Å². The Morgan fingerprint density at radius 1 is 1.05 bits per heavy atom. The molecule has 4 nitrogen and oxygen atoms in total. The number of azo groups is 1. The van der Waals surface area contributed by atoms with Crippen LogP contribution in [-0.2, 0) is 15.9 Å². The van der Waals surface area contributed by atoms with Gasteiger partial charge in [0.1, 0.15) is 0 Å². The van der Waals surface area contributed by atoms with Crippen molar-refractivity contribution in [2.45, 2.75) is 57.6 Å². The first kappa shape index (κ1) is 15.1. The third kappa shape index (κ3) is 3.25. The van der Waals surface area contributed by atoms with E-state index >= 15 is 0 Å². The largest absolute Gasteiger partial charge is 0.333 e. The van der Waals surface area contributed by atoms with Gasteiger partial charge in [-0.05, 0) is 18.4 Å². The van der Waals surface area contributed by atoms with Crippen LogP contribution in [0.5, 0.6) is 0 Å². The highest BCUT2D eigenvalue weighted by molar-refractivity contribution is 5.16. The predicted molar refractivity (Wildman–Crippen MR) is 78.4 cm³/mol. The topological polar surface area (TPSA) is 43.2 Å². The van der Waals surface area contributed by atoms with Crippen molar-refractivity contribution in [3.63, 3.8) is 0 Å². The molecule has 1 aromatic carbocycles. The lowest BCUT2D eigenvalue weighted by Crippen LogP contribution is -2.39. The van der Waals surface area contributed by atoms with Crippen LogP contribution in [-0.4, -0.2) is 18.7 Å². The molecule has 0 radical (unpaired) electrons. The van der Waals surface area contributed by atoms with Gasteiger partial charge in [-0.2, -0.15) is 5.11 Å². The average Bonchev–Trinajstić information content (AvgIpc) is 2.80. The number of nitrogens with zero attached hydrogens (tertiary/aromatic N) is 2. The van der Waals surface area contributed by atoms with Crippen LogP contribution in [0.4, 0.5) is 0 Å². The molecule has 1 aliphatic heterocycles. The SMILES string of the molecule is CCCC1(CCC)N=NC(Cc2ccccc2)(OC)O1. The normalized spacial score (nSPS) is 24.1. The van der Waals surface area contributed by atoms with Crippen LogP contribution in [0.2, 0.25) is 0 Å². The van der Waals surface area contributed by atoms with E-state index in [0.717, 1.165) is 31.2 Å². The van der Waals surface area contributed by atoms with Crippen molar-refractivity contribution >= 4 is 0 Å². The van der Waals surface area contributed by atoms with Gasteiger partial charge in [0.25, 0.3) is 5.91 Å². The van der Waals surface area contributed by atoms with Gasteiger partial charge < -0.3 is 4.74 Å². The number of ether oxygens (including phenoxy) is 2. The van der Waals surface area contributed by atoms with Crippen molar-refractivity contribution in [2.75, 3.05) is 7.11 Å². The Bertz CT molecular complexity index is 441. The van der Waals surface area contributed by atoms with Crippen molar-refractivity contribution < 1.29 is 9.47 Å². The number of hydrogen-bond acceptors (Lipinski definition) is 4. The summed E-state index contributed by atoms with van der Waals surface area (Å²) in [7, 11) is 1.63. The molecule has 0 bridgehead atoms. The predicted octanol–water partition coefficient (Wildman–Crippen LogP) is 4.31. The van der Waals surface area contributed by atoms with Gasteiger partial charge in [-0.25, -0.2) is 0 Å². The standard InChI is InChI=1S/C16H24N2O2/c1-4-11-15(12-5-2)17-18-16(19-3,20-15)13-14-9-7-6-8-10-14/h6-10H,4-5,11-13H2,1-3H3. The molecule has 1 heterocycles. The van der Waals surface area contributed by atoms with Crippen molar-refractivity contribution in [3.05, 3.63) is 35.9 Å². The lowest BCUT2D eigenvalue weighted by molar-refractivity contribution is -0.249. The molecule has 2 rings (SSSR count). The lowest BCUT2D eigenvalue weighted by Gasteiger charge is -2.30. The van der Waals surface area contributed by atoms with Gasteiger partial charge in [0.2, 0.25) is 0 Å². The molecule has 0 N–H and O–H groups in total. The first-order valence-corrected chi connectivity index (χ1v) is 7.41. The summed E-state index contributed by atoms with van der Waals surface area (Å²) < 4.78 is 11.8. The Morgan fingerprint density at radius 3 is 2.25 bits per heavy atom. The molecule has 0 saturated heterocycles. The summed E-state index contributed by atoms with van der Waals surface area (Å²) in [5.74, 6) is -0.967. The van der Waals surface area contributed by atoms with Crippen LogP contribution in [0.15, 0.2) is 40.6 Å². The quantitative estimate of drug-likeness (QED) is 0.744. The van der Waals surface area contributed by atoms with Gasteiger partial charge in [0, 0.05) is 7.11 Å². The summed E-state index contributed by atoms with van der Waals surface area (Å²) in [6.45, 7) is 4.28. The Hall–Kier alpha value is -1.26. The van der Waals surface area contributed by atoms with Crippen LogP contribution in [0.3, 0.4) is 0 Å². The molecular weight excluding hydrogens is 252 g/mol. The van der Waals surface area contributed by atoms with E-state index in [-0.39, 0.29) is 0 Å². The molecule has 1 atom stereocenters. The zero-order chi connectivity index (χ0) is 14.5. The fourth-order valence-electron chi connectivity index (χ4n) is 2.69. The fourth-order valence-corrected chi connectivity index (χ4v) is 2.69. The van der Waals surface area contributed by atoms with Crippen LogP contribution in [0.1, 0.15) is 45.1 Å². The van der Waals surface area contributed by atoms with Gasteiger partial charge in [-0.3, -0.25) is 4.74 Å². The molecule has 1 unspecified atom stereocenters. The maximum absolute atomic E-state index is 6.22. The van der Waals surface area contributed by atoms with E-state index in [4.69, 9.17) is 9.47 Å². The zero-order valence-corrected chi connectivity index (χ0v) is 12.6. The van der Waals surface area contributed by atoms with E-state index in [2.05, 4.69) is 36.2 Å². The number of benzene rings is 1. The summed E-state index contributed by atoms with van der Waals surface area (Å²) >= 11 is 0. The minimum Gasteiger partial charge on any atom is -0.333 e. The minimum absolute atomic E-state index is 0.506. The van der Waals surface area contributed by atoms with E-state index in [1.54, 1.807) is 7.11 Å². The van der Waals surface area contributed by atoms with Crippen LogP contribution < -0.4 is 0 Å². The Balaban J connectivity index is 2.16. The van der Waals surface area contributed by atoms with Gasteiger partial charge in [-0.15, -0.1) is 5.11 Å². The highest BCUT2D eigenvalue weighted by Gasteiger charge is 2.47. The second kappa shape index (κ2) is 6.46. The fraction of sp³-hybridized carbons (Fsp3) is 0.625. The molecule has 0 saturated carbocycles. The summed E-state index contributed by atoms with van der Waals surface area (Å²) in [5.41, 5.74) is 0.631. The van der Waals surface area contributed by atoms with E-state index in [1.807, 2.05) is 18.2 Å². The number of hydrogen-bond donors (Lipinski definition) is 0. The van der Waals surface area contributed by atoms with E-state index in [0.29, 0.717) is 6.42 Å². The highest BCUT2D eigenvalue weighted by atomic mass is 16.7. The third-order valence-electron chi connectivity index (χ3n) is 3.60. The van der Waals surface area contributed by atoms with Crippen molar-refractivity contribution in [3.8, 4) is 0 Å².